The van der Waals surface area contributed by atoms with Gasteiger partial charge in [0.05, 0.1) is 11.0 Å². The van der Waals surface area contributed by atoms with Gasteiger partial charge in [-0.25, -0.2) is 9.98 Å². The van der Waals surface area contributed by atoms with Crippen molar-refractivity contribution in [2.24, 2.45) is 12.0 Å². The minimum atomic E-state index is 0.250. The quantitative estimate of drug-likeness (QED) is 0.712. The van der Waals surface area contributed by atoms with E-state index in [1.165, 1.54) is 0 Å². The number of aryl methyl sites for hydroxylation is 1. The predicted octanol–water partition coefficient (Wildman–Crippen LogP) is 3.03. The van der Waals surface area contributed by atoms with Crippen molar-refractivity contribution in [3.05, 3.63) is 54.1 Å². The Morgan fingerprint density at radius 1 is 1.11 bits per heavy atom. The average molecular weight is 251 g/mol. The third-order valence-corrected chi connectivity index (χ3v) is 2.99. The van der Waals surface area contributed by atoms with Crippen LogP contribution in [-0.2, 0) is 7.05 Å². The minimum absolute atomic E-state index is 0.250. The summed E-state index contributed by atoms with van der Waals surface area (Å²) in [6.07, 6.45) is 1.74. The van der Waals surface area contributed by atoms with Gasteiger partial charge in [0.1, 0.15) is 5.75 Å². The second-order valence-electron chi connectivity index (χ2n) is 4.31. The fourth-order valence-electron chi connectivity index (χ4n) is 1.94. The van der Waals surface area contributed by atoms with Crippen molar-refractivity contribution in [3.8, 4) is 5.75 Å². The molecule has 0 amide bonds. The molecule has 0 aliphatic carbocycles. The summed E-state index contributed by atoms with van der Waals surface area (Å²) in [5.74, 6) is 0.911. The number of para-hydroxylation sites is 2. The SMILES string of the molecule is Cn1c(N=Cc2ccc(O)cc2)nc2ccccc21. The van der Waals surface area contributed by atoms with E-state index in [1.807, 2.05) is 48.0 Å². The van der Waals surface area contributed by atoms with Crippen molar-refractivity contribution in [2.45, 2.75) is 0 Å². The summed E-state index contributed by atoms with van der Waals surface area (Å²) in [4.78, 5) is 8.85. The van der Waals surface area contributed by atoms with Crippen LogP contribution in [0.25, 0.3) is 11.0 Å². The highest BCUT2D eigenvalue weighted by Gasteiger charge is 2.04. The zero-order valence-corrected chi connectivity index (χ0v) is 10.5. The van der Waals surface area contributed by atoms with Crippen LogP contribution in [-0.4, -0.2) is 20.9 Å². The lowest BCUT2D eigenvalue weighted by Crippen LogP contribution is -1.87. The third kappa shape index (κ3) is 2.20. The number of phenols is 1. The summed E-state index contributed by atoms with van der Waals surface area (Å²) in [6.45, 7) is 0. The lowest BCUT2D eigenvalue weighted by atomic mass is 10.2. The molecular formula is C15H13N3O. The molecule has 0 bridgehead atoms. The van der Waals surface area contributed by atoms with Crippen LogP contribution in [0.4, 0.5) is 5.95 Å². The number of nitrogens with zero attached hydrogens (tertiary/aromatic N) is 3. The first-order chi connectivity index (χ1) is 9.24. The zero-order chi connectivity index (χ0) is 13.2. The maximum Gasteiger partial charge on any atom is 0.230 e. The van der Waals surface area contributed by atoms with Gasteiger partial charge in [0.2, 0.25) is 5.95 Å². The predicted molar refractivity (Wildman–Crippen MR) is 76.1 cm³/mol. The highest BCUT2D eigenvalue weighted by molar-refractivity contribution is 5.83. The Bertz CT molecular complexity index is 742. The monoisotopic (exact) mass is 251 g/mol. The first-order valence-electron chi connectivity index (χ1n) is 5.98. The summed E-state index contributed by atoms with van der Waals surface area (Å²) in [6, 6.07) is 14.8. The van der Waals surface area contributed by atoms with Crippen molar-refractivity contribution >= 4 is 23.2 Å². The molecule has 2 aromatic carbocycles. The topological polar surface area (TPSA) is 50.4 Å². The normalized spacial score (nSPS) is 11.4. The Hall–Kier alpha value is -2.62. The maximum absolute atomic E-state index is 9.22. The molecule has 0 atom stereocenters. The summed E-state index contributed by atoms with van der Waals surface area (Å²) in [5, 5.41) is 9.22. The van der Waals surface area contributed by atoms with Gasteiger partial charge in [-0.3, -0.25) is 0 Å². The van der Waals surface area contributed by atoms with Crippen LogP contribution in [0.5, 0.6) is 5.75 Å². The molecule has 0 aliphatic heterocycles. The highest BCUT2D eigenvalue weighted by Crippen LogP contribution is 2.19. The second kappa shape index (κ2) is 4.57. The van der Waals surface area contributed by atoms with Crippen molar-refractivity contribution in [2.75, 3.05) is 0 Å². The Morgan fingerprint density at radius 3 is 2.58 bits per heavy atom. The fourth-order valence-corrected chi connectivity index (χ4v) is 1.94. The van der Waals surface area contributed by atoms with Crippen LogP contribution < -0.4 is 0 Å². The summed E-state index contributed by atoms with van der Waals surface area (Å²) in [7, 11) is 1.94. The highest BCUT2D eigenvalue weighted by atomic mass is 16.3. The van der Waals surface area contributed by atoms with E-state index < -0.39 is 0 Å². The van der Waals surface area contributed by atoms with E-state index in [-0.39, 0.29) is 5.75 Å². The second-order valence-corrected chi connectivity index (χ2v) is 4.31. The summed E-state index contributed by atoms with van der Waals surface area (Å²) in [5.41, 5.74) is 2.91. The molecule has 0 saturated heterocycles. The molecule has 0 fully saturated rings. The van der Waals surface area contributed by atoms with E-state index in [9.17, 15) is 5.11 Å². The van der Waals surface area contributed by atoms with Gasteiger partial charge in [0.25, 0.3) is 0 Å². The van der Waals surface area contributed by atoms with Crippen molar-refractivity contribution in [1.29, 1.82) is 0 Å². The number of hydrogen-bond donors (Lipinski definition) is 1. The number of imidazole rings is 1. The Balaban J connectivity index is 1.97. The Labute approximate surface area is 110 Å². The molecule has 94 valence electrons. The molecule has 3 rings (SSSR count). The van der Waals surface area contributed by atoms with E-state index in [0.29, 0.717) is 5.95 Å². The first-order valence-corrected chi connectivity index (χ1v) is 5.98. The van der Waals surface area contributed by atoms with E-state index in [1.54, 1.807) is 18.3 Å². The van der Waals surface area contributed by atoms with E-state index in [0.717, 1.165) is 16.6 Å². The number of fused-ring (bicyclic) bond motifs is 1. The van der Waals surface area contributed by atoms with Crippen LogP contribution in [0.2, 0.25) is 0 Å². The number of aliphatic imine (C=N–C) groups is 1. The van der Waals surface area contributed by atoms with E-state index in [2.05, 4.69) is 9.98 Å². The van der Waals surface area contributed by atoms with E-state index >= 15 is 0 Å². The molecule has 1 heterocycles. The number of aromatic hydroxyl groups is 1. The smallest absolute Gasteiger partial charge is 0.230 e. The van der Waals surface area contributed by atoms with Gasteiger partial charge in [-0.05, 0) is 42.0 Å². The minimum Gasteiger partial charge on any atom is -0.508 e. The Kier molecular flexibility index (Phi) is 2.76. The number of aromatic nitrogens is 2. The van der Waals surface area contributed by atoms with Crippen LogP contribution in [0.1, 0.15) is 5.56 Å². The maximum atomic E-state index is 9.22. The van der Waals surface area contributed by atoms with Gasteiger partial charge in [0, 0.05) is 13.3 Å². The number of benzene rings is 2. The van der Waals surface area contributed by atoms with Crippen LogP contribution in [0.15, 0.2) is 53.5 Å². The molecule has 0 unspecified atom stereocenters. The van der Waals surface area contributed by atoms with Gasteiger partial charge >= 0.3 is 0 Å². The zero-order valence-electron chi connectivity index (χ0n) is 10.5. The molecular weight excluding hydrogens is 238 g/mol. The van der Waals surface area contributed by atoms with Crippen LogP contribution >= 0.6 is 0 Å². The summed E-state index contributed by atoms with van der Waals surface area (Å²) >= 11 is 0. The van der Waals surface area contributed by atoms with Crippen LogP contribution in [0.3, 0.4) is 0 Å². The van der Waals surface area contributed by atoms with Gasteiger partial charge in [0.15, 0.2) is 0 Å². The lowest BCUT2D eigenvalue weighted by molar-refractivity contribution is 0.475. The van der Waals surface area contributed by atoms with Gasteiger partial charge in [-0.1, -0.05) is 12.1 Å². The number of hydrogen-bond acceptors (Lipinski definition) is 3. The largest absolute Gasteiger partial charge is 0.508 e. The van der Waals surface area contributed by atoms with E-state index in [4.69, 9.17) is 0 Å². The molecule has 19 heavy (non-hydrogen) atoms. The standard InChI is InChI=1S/C15H13N3O/c1-18-14-5-3-2-4-13(14)17-15(18)16-10-11-6-8-12(19)9-7-11/h2-10,19H,1H3. The lowest BCUT2D eigenvalue weighted by Gasteiger charge is -1.96. The third-order valence-electron chi connectivity index (χ3n) is 2.99. The molecule has 0 aliphatic rings. The molecule has 4 nitrogen and oxygen atoms in total. The molecule has 0 radical (unpaired) electrons. The number of rotatable bonds is 2. The van der Waals surface area contributed by atoms with Gasteiger partial charge in [-0.2, -0.15) is 0 Å². The first kappa shape index (κ1) is 11.5. The Morgan fingerprint density at radius 2 is 1.84 bits per heavy atom. The number of phenolic OH excluding ortho intramolecular Hbond substituents is 1. The molecule has 4 heteroatoms. The summed E-state index contributed by atoms with van der Waals surface area (Å²) < 4.78 is 1.95. The van der Waals surface area contributed by atoms with Crippen LogP contribution in [0, 0.1) is 0 Å². The van der Waals surface area contributed by atoms with Crippen molar-refractivity contribution in [1.82, 2.24) is 9.55 Å². The van der Waals surface area contributed by atoms with Crippen molar-refractivity contribution in [3.63, 3.8) is 0 Å². The van der Waals surface area contributed by atoms with Crippen molar-refractivity contribution < 1.29 is 5.11 Å². The van der Waals surface area contributed by atoms with Gasteiger partial charge in [-0.15, -0.1) is 0 Å². The van der Waals surface area contributed by atoms with Gasteiger partial charge < -0.3 is 9.67 Å². The molecule has 0 saturated carbocycles. The molecule has 1 N–H and O–H groups in total. The fraction of sp³-hybridized carbons (Fsp3) is 0.0667. The molecule has 0 spiro atoms. The average Bonchev–Trinajstić information content (AvgIpc) is 2.76. The molecule has 1 aromatic heterocycles. The molecule has 3 aromatic rings.